The van der Waals surface area contributed by atoms with Crippen molar-refractivity contribution in [2.45, 2.75) is 26.8 Å². The number of aryl methyl sites for hydroxylation is 2. The Morgan fingerprint density at radius 3 is 2.62 bits per heavy atom. The van der Waals surface area contributed by atoms with E-state index in [2.05, 4.69) is 38.0 Å². The maximum Gasteiger partial charge on any atom is 0.253 e. The van der Waals surface area contributed by atoms with E-state index in [1.54, 1.807) is 0 Å². The second kappa shape index (κ2) is 11.7. The molecule has 1 aliphatic heterocycles. The average Bonchev–Trinajstić information content (AvgIpc) is 2.78. The van der Waals surface area contributed by atoms with Gasteiger partial charge >= 0.3 is 0 Å². The molecule has 1 aromatic carbocycles. The van der Waals surface area contributed by atoms with Gasteiger partial charge in [-0.15, -0.1) is 0 Å². The molecular formula is C24H37N5O2S. The highest BCUT2D eigenvalue weighted by Crippen LogP contribution is 2.20. The number of thiocarbonyl (C=S) groups is 1. The summed E-state index contributed by atoms with van der Waals surface area (Å²) in [5.41, 5.74) is 3.85. The maximum atomic E-state index is 12.9. The van der Waals surface area contributed by atoms with Crippen LogP contribution in [0.4, 0.5) is 0 Å². The van der Waals surface area contributed by atoms with Gasteiger partial charge in [-0.3, -0.25) is 9.69 Å². The fraction of sp³-hybridized carbons (Fsp3) is 0.583. The third-order valence-corrected chi connectivity index (χ3v) is 6.42. The molecule has 32 heavy (non-hydrogen) atoms. The first-order valence-corrected chi connectivity index (χ1v) is 11.9. The molecule has 1 saturated heterocycles. The summed E-state index contributed by atoms with van der Waals surface area (Å²) in [5.74, 6) is 0. The van der Waals surface area contributed by atoms with Crippen LogP contribution in [-0.4, -0.2) is 91.4 Å². The number of hydrogen-bond donors (Lipinski definition) is 2. The van der Waals surface area contributed by atoms with Gasteiger partial charge in [-0.1, -0.05) is 12.1 Å². The number of benzene rings is 1. The summed E-state index contributed by atoms with van der Waals surface area (Å²) < 4.78 is 5.41. The molecule has 2 N–H and O–H groups in total. The van der Waals surface area contributed by atoms with Crippen LogP contribution in [0.15, 0.2) is 23.0 Å². The van der Waals surface area contributed by atoms with E-state index in [0.29, 0.717) is 11.7 Å². The topological polar surface area (TPSA) is 63.8 Å². The molecule has 2 aromatic rings. The number of hydrogen-bond acceptors (Lipinski definition) is 5. The molecule has 1 aromatic heterocycles. The van der Waals surface area contributed by atoms with E-state index in [4.69, 9.17) is 17.0 Å². The third-order valence-electron chi connectivity index (χ3n) is 6.02. The van der Waals surface area contributed by atoms with Crippen LogP contribution in [0.1, 0.15) is 23.1 Å². The molecule has 0 atom stereocenters. The summed E-state index contributed by atoms with van der Waals surface area (Å²) in [6, 6.07) is 6.18. The van der Waals surface area contributed by atoms with Gasteiger partial charge < -0.3 is 24.8 Å². The van der Waals surface area contributed by atoms with Crippen LogP contribution < -0.4 is 10.9 Å². The van der Waals surface area contributed by atoms with Gasteiger partial charge in [0.15, 0.2) is 5.11 Å². The third kappa shape index (κ3) is 6.75. The molecule has 0 unspecified atom stereocenters. The highest BCUT2D eigenvalue weighted by atomic mass is 32.1. The molecule has 1 fully saturated rings. The molecule has 7 nitrogen and oxygen atoms in total. The van der Waals surface area contributed by atoms with Crippen molar-refractivity contribution in [2.24, 2.45) is 0 Å². The lowest BCUT2D eigenvalue weighted by Crippen LogP contribution is -2.44. The highest BCUT2D eigenvalue weighted by molar-refractivity contribution is 7.80. The smallest absolute Gasteiger partial charge is 0.253 e. The number of aromatic nitrogens is 1. The van der Waals surface area contributed by atoms with Gasteiger partial charge in [-0.05, 0) is 70.3 Å². The SMILES string of the molecule is Cc1ccc(C)c2[nH]c(=O)c(CN(CCN(C)C)C(=S)NCCCN3CCOCC3)cc12. The standard InChI is InChI=1S/C24H37N5O2S/c1-18-6-7-19(2)22-21(18)16-20(23(30)26-22)17-29(11-10-27(3)4)24(32)25-8-5-9-28-12-14-31-15-13-28/h6-7,16H,5,8-15,17H2,1-4H3,(H,25,32)(H,26,30). The quantitative estimate of drug-likeness (QED) is 0.440. The lowest BCUT2D eigenvalue weighted by atomic mass is 10.0. The van der Waals surface area contributed by atoms with Gasteiger partial charge in [0.2, 0.25) is 0 Å². The van der Waals surface area contributed by atoms with E-state index >= 15 is 0 Å². The second-order valence-electron chi connectivity index (χ2n) is 8.88. The Bertz CT molecular complexity index is 969. The van der Waals surface area contributed by atoms with E-state index in [-0.39, 0.29) is 5.56 Å². The minimum Gasteiger partial charge on any atom is -0.379 e. The largest absolute Gasteiger partial charge is 0.379 e. The van der Waals surface area contributed by atoms with E-state index in [9.17, 15) is 4.79 Å². The second-order valence-corrected chi connectivity index (χ2v) is 9.26. The lowest BCUT2D eigenvalue weighted by Gasteiger charge is -2.28. The molecule has 0 spiro atoms. The van der Waals surface area contributed by atoms with E-state index in [1.165, 1.54) is 0 Å². The number of morpholine rings is 1. The number of fused-ring (bicyclic) bond motifs is 1. The van der Waals surface area contributed by atoms with Gasteiger partial charge in [0, 0.05) is 43.7 Å². The van der Waals surface area contributed by atoms with Gasteiger partial charge in [0.05, 0.1) is 25.3 Å². The number of H-pyrrole nitrogens is 1. The summed E-state index contributed by atoms with van der Waals surface area (Å²) in [6.45, 7) is 11.7. The van der Waals surface area contributed by atoms with E-state index < -0.39 is 0 Å². The van der Waals surface area contributed by atoms with Crippen LogP contribution in [0, 0.1) is 13.8 Å². The predicted molar refractivity (Wildman–Crippen MR) is 135 cm³/mol. The van der Waals surface area contributed by atoms with Crippen LogP contribution in [0.2, 0.25) is 0 Å². The molecule has 8 heteroatoms. The lowest BCUT2D eigenvalue weighted by molar-refractivity contribution is 0.0376. The molecule has 0 aliphatic carbocycles. The summed E-state index contributed by atoms with van der Waals surface area (Å²) in [7, 11) is 4.10. The molecular weight excluding hydrogens is 422 g/mol. The van der Waals surface area contributed by atoms with Gasteiger partial charge in [-0.2, -0.15) is 0 Å². The van der Waals surface area contributed by atoms with Crippen LogP contribution in [0.5, 0.6) is 0 Å². The van der Waals surface area contributed by atoms with Crippen molar-refractivity contribution in [3.05, 3.63) is 45.2 Å². The summed E-state index contributed by atoms with van der Waals surface area (Å²) in [5, 5.41) is 5.21. The Hall–Kier alpha value is -2.00. The number of likely N-dealkylation sites (N-methyl/N-ethyl adjacent to an activating group) is 1. The molecule has 3 rings (SSSR count). The molecule has 0 amide bonds. The van der Waals surface area contributed by atoms with Crippen LogP contribution >= 0.6 is 12.2 Å². The molecule has 2 heterocycles. The normalized spacial score (nSPS) is 14.8. The van der Waals surface area contributed by atoms with Crippen molar-refractivity contribution >= 4 is 28.2 Å². The number of pyridine rings is 1. The number of nitrogens with zero attached hydrogens (tertiary/aromatic N) is 3. The van der Waals surface area contributed by atoms with Gasteiger partial charge in [0.25, 0.3) is 5.56 Å². The average molecular weight is 460 g/mol. The number of nitrogens with one attached hydrogen (secondary N) is 2. The van der Waals surface area contributed by atoms with Crippen molar-refractivity contribution < 1.29 is 4.74 Å². The predicted octanol–water partition coefficient (Wildman–Crippen LogP) is 2.11. The first-order valence-electron chi connectivity index (χ1n) is 11.4. The summed E-state index contributed by atoms with van der Waals surface area (Å²) >= 11 is 5.73. The van der Waals surface area contributed by atoms with Gasteiger partial charge in [-0.25, -0.2) is 0 Å². The highest BCUT2D eigenvalue weighted by Gasteiger charge is 2.15. The molecule has 0 bridgehead atoms. The van der Waals surface area contributed by atoms with Crippen LogP contribution in [0.3, 0.4) is 0 Å². The number of rotatable bonds is 9. The summed E-state index contributed by atoms with van der Waals surface area (Å²) in [6.07, 6.45) is 1.02. The van der Waals surface area contributed by atoms with Crippen molar-refractivity contribution in [3.8, 4) is 0 Å². The monoisotopic (exact) mass is 459 g/mol. The van der Waals surface area contributed by atoms with Crippen molar-refractivity contribution in [1.82, 2.24) is 25.0 Å². The Labute approximate surface area is 196 Å². The number of ether oxygens (including phenoxy) is 1. The molecule has 0 radical (unpaired) electrons. The number of aromatic amines is 1. The Morgan fingerprint density at radius 2 is 1.91 bits per heavy atom. The zero-order chi connectivity index (χ0) is 23.1. The zero-order valence-corrected chi connectivity index (χ0v) is 20.7. The van der Waals surface area contributed by atoms with Gasteiger partial charge in [0.1, 0.15) is 0 Å². The zero-order valence-electron chi connectivity index (χ0n) is 19.9. The van der Waals surface area contributed by atoms with Crippen molar-refractivity contribution in [1.29, 1.82) is 0 Å². The van der Waals surface area contributed by atoms with E-state index in [1.807, 2.05) is 33.2 Å². The van der Waals surface area contributed by atoms with Crippen molar-refractivity contribution in [2.75, 3.05) is 66.6 Å². The Kier molecular flexibility index (Phi) is 9.04. The minimum absolute atomic E-state index is 0.0452. The minimum atomic E-state index is -0.0452. The molecule has 176 valence electrons. The van der Waals surface area contributed by atoms with Crippen molar-refractivity contribution in [3.63, 3.8) is 0 Å². The molecule has 1 aliphatic rings. The first kappa shape index (κ1) is 24.6. The fourth-order valence-electron chi connectivity index (χ4n) is 3.95. The Balaban J connectivity index is 1.66. The fourth-order valence-corrected chi connectivity index (χ4v) is 4.21. The first-order chi connectivity index (χ1) is 15.3. The maximum absolute atomic E-state index is 12.9. The Morgan fingerprint density at radius 1 is 1.19 bits per heavy atom. The van der Waals surface area contributed by atoms with E-state index in [0.717, 1.165) is 86.5 Å². The molecule has 0 saturated carbocycles. The van der Waals surface area contributed by atoms with Crippen LogP contribution in [-0.2, 0) is 11.3 Å². The summed E-state index contributed by atoms with van der Waals surface area (Å²) in [4.78, 5) is 22.6. The van der Waals surface area contributed by atoms with Crippen LogP contribution in [0.25, 0.3) is 10.9 Å².